The number of hydrogen-bond donors (Lipinski definition) is 1. The van der Waals surface area contributed by atoms with Gasteiger partial charge in [0.05, 0.1) is 0 Å². The van der Waals surface area contributed by atoms with Gasteiger partial charge in [0.2, 0.25) is 0 Å². The SMILES string of the molecule is CC(C)(C)C1CC1c1sccc1N. The summed E-state index contributed by atoms with van der Waals surface area (Å²) >= 11 is 1.81. The molecule has 2 N–H and O–H groups in total. The molecule has 1 nitrogen and oxygen atoms in total. The zero-order chi connectivity index (χ0) is 9.64. The summed E-state index contributed by atoms with van der Waals surface area (Å²) in [4.78, 5) is 1.42. The lowest BCUT2D eigenvalue weighted by molar-refractivity contribution is 0.344. The highest BCUT2D eigenvalue weighted by atomic mass is 32.1. The Morgan fingerprint density at radius 3 is 2.54 bits per heavy atom. The van der Waals surface area contributed by atoms with Crippen LogP contribution in [0.15, 0.2) is 11.4 Å². The van der Waals surface area contributed by atoms with E-state index < -0.39 is 0 Å². The average molecular weight is 195 g/mol. The normalized spacial score (nSPS) is 27.6. The smallest absolute Gasteiger partial charge is 0.0458 e. The molecule has 2 heteroatoms. The monoisotopic (exact) mass is 195 g/mol. The lowest BCUT2D eigenvalue weighted by Crippen LogP contribution is -2.08. The van der Waals surface area contributed by atoms with Crippen molar-refractivity contribution in [3.8, 4) is 0 Å². The maximum Gasteiger partial charge on any atom is 0.0458 e. The van der Waals surface area contributed by atoms with Gasteiger partial charge in [-0.05, 0) is 35.1 Å². The molecule has 0 radical (unpaired) electrons. The summed E-state index contributed by atoms with van der Waals surface area (Å²) in [5.74, 6) is 1.59. The molecule has 1 aromatic rings. The molecule has 2 unspecified atom stereocenters. The maximum absolute atomic E-state index is 5.90. The van der Waals surface area contributed by atoms with Crippen LogP contribution in [0.5, 0.6) is 0 Å². The van der Waals surface area contributed by atoms with Crippen molar-refractivity contribution in [2.75, 3.05) is 5.73 Å². The summed E-state index contributed by atoms with van der Waals surface area (Å²) in [6.07, 6.45) is 1.33. The Morgan fingerprint density at radius 2 is 2.15 bits per heavy atom. The fraction of sp³-hybridized carbons (Fsp3) is 0.636. The summed E-state index contributed by atoms with van der Waals surface area (Å²) < 4.78 is 0. The van der Waals surface area contributed by atoms with E-state index in [1.54, 1.807) is 0 Å². The van der Waals surface area contributed by atoms with Crippen LogP contribution in [0.1, 0.15) is 38.0 Å². The van der Waals surface area contributed by atoms with Crippen molar-refractivity contribution >= 4 is 17.0 Å². The van der Waals surface area contributed by atoms with Gasteiger partial charge in [-0.1, -0.05) is 20.8 Å². The second-order valence-electron chi connectivity index (χ2n) is 5.05. The Bertz CT molecular complexity index is 308. The summed E-state index contributed by atoms with van der Waals surface area (Å²) in [5, 5.41) is 2.10. The molecule has 72 valence electrons. The van der Waals surface area contributed by atoms with E-state index in [0.29, 0.717) is 5.41 Å². The first kappa shape index (κ1) is 9.07. The van der Waals surface area contributed by atoms with E-state index in [2.05, 4.69) is 26.2 Å². The van der Waals surface area contributed by atoms with E-state index in [9.17, 15) is 0 Å². The molecule has 1 fully saturated rings. The van der Waals surface area contributed by atoms with Gasteiger partial charge in [0.25, 0.3) is 0 Å². The minimum atomic E-state index is 0.446. The predicted octanol–water partition coefficient (Wildman–Crippen LogP) is 3.48. The van der Waals surface area contributed by atoms with Crippen molar-refractivity contribution in [3.05, 3.63) is 16.3 Å². The third-order valence-corrected chi connectivity index (χ3v) is 4.03. The lowest BCUT2D eigenvalue weighted by Gasteiger charge is -2.17. The van der Waals surface area contributed by atoms with Crippen molar-refractivity contribution in [2.45, 2.75) is 33.1 Å². The van der Waals surface area contributed by atoms with Crippen LogP contribution in [-0.4, -0.2) is 0 Å². The van der Waals surface area contributed by atoms with Crippen LogP contribution < -0.4 is 5.73 Å². The fourth-order valence-electron chi connectivity index (χ4n) is 2.07. The first-order valence-electron chi connectivity index (χ1n) is 4.83. The predicted molar refractivity (Wildman–Crippen MR) is 59.0 cm³/mol. The van der Waals surface area contributed by atoms with Crippen molar-refractivity contribution in [2.24, 2.45) is 11.3 Å². The van der Waals surface area contributed by atoms with E-state index in [4.69, 9.17) is 5.73 Å². The maximum atomic E-state index is 5.90. The van der Waals surface area contributed by atoms with Crippen LogP contribution >= 0.6 is 11.3 Å². The molecule has 1 aliphatic carbocycles. The van der Waals surface area contributed by atoms with E-state index in [1.807, 2.05) is 17.4 Å². The Balaban J connectivity index is 2.13. The molecule has 1 heterocycles. The zero-order valence-electron chi connectivity index (χ0n) is 8.50. The van der Waals surface area contributed by atoms with Gasteiger partial charge in [-0.15, -0.1) is 11.3 Å². The van der Waals surface area contributed by atoms with Crippen LogP contribution in [0, 0.1) is 11.3 Å². The molecule has 0 aromatic carbocycles. The highest BCUT2D eigenvalue weighted by Crippen LogP contribution is 2.58. The molecule has 2 atom stereocenters. The molecular formula is C11H17NS. The third-order valence-electron chi connectivity index (χ3n) is 2.97. The van der Waals surface area contributed by atoms with Gasteiger partial charge < -0.3 is 5.73 Å². The molecule has 0 bridgehead atoms. The Labute approximate surface area is 84.0 Å². The van der Waals surface area contributed by atoms with E-state index in [-0.39, 0.29) is 0 Å². The number of rotatable bonds is 1. The number of nitrogen functional groups attached to an aromatic ring is 1. The molecule has 0 spiro atoms. The van der Waals surface area contributed by atoms with Crippen LogP contribution in [0.4, 0.5) is 5.69 Å². The van der Waals surface area contributed by atoms with Gasteiger partial charge >= 0.3 is 0 Å². The molecule has 1 aliphatic rings. The van der Waals surface area contributed by atoms with E-state index in [0.717, 1.165) is 17.5 Å². The van der Waals surface area contributed by atoms with Crippen molar-refractivity contribution in [3.63, 3.8) is 0 Å². The molecule has 0 aliphatic heterocycles. The summed E-state index contributed by atoms with van der Waals surface area (Å²) in [5.41, 5.74) is 7.34. The second-order valence-corrected chi connectivity index (χ2v) is 6.00. The molecule has 1 aromatic heterocycles. The lowest BCUT2D eigenvalue weighted by atomic mass is 9.88. The second kappa shape index (κ2) is 2.74. The third kappa shape index (κ3) is 1.60. The van der Waals surface area contributed by atoms with Crippen LogP contribution in [0.2, 0.25) is 0 Å². The van der Waals surface area contributed by atoms with Gasteiger partial charge in [0.1, 0.15) is 0 Å². The first-order valence-corrected chi connectivity index (χ1v) is 5.71. The van der Waals surface area contributed by atoms with Gasteiger partial charge in [-0.25, -0.2) is 0 Å². The highest BCUT2D eigenvalue weighted by Gasteiger charge is 2.47. The van der Waals surface area contributed by atoms with E-state index >= 15 is 0 Å². The molecule has 0 saturated heterocycles. The number of thiophene rings is 1. The van der Waals surface area contributed by atoms with Gasteiger partial charge in [0, 0.05) is 10.6 Å². The van der Waals surface area contributed by atoms with E-state index in [1.165, 1.54) is 11.3 Å². The van der Waals surface area contributed by atoms with Crippen LogP contribution in [-0.2, 0) is 0 Å². The topological polar surface area (TPSA) is 26.0 Å². The molecular weight excluding hydrogens is 178 g/mol. The number of nitrogens with two attached hydrogens (primary N) is 1. The standard InChI is InChI=1S/C11H17NS/c1-11(2,3)8-6-7(8)10-9(12)4-5-13-10/h4-5,7-8H,6,12H2,1-3H3. The van der Waals surface area contributed by atoms with Crippen molar-refractivity contribution < 1.29 is 0 Å². The minimum Gasteiger partial charge on any atom is -0.398 e. The van der Waals surface area contributed by atoms with Crippen LogP contribution in [0.25, 0.3) is 0 Å². The Hall–Kier alpha value is -0.500. The summed E-state index contributed by atoms with van der Waals surface area (Å²) in [6, 6.07) is 2.03. The molecule has 1 saturated carbocycles. The number of anilines is 1. The Kier molecular flexibility index (Phi) is 1.91. The molecule has 13 heavy (non-hydrogen) atoms. The number of hydrogen-bond acceptors (Lipinski definition) is 2. The Morgan fingerprint density at radius 1 is 1.46 bits per heavy atom. The molecule has 0 amide bonds. The summed E-state index contributed by atoms with van der Waals surface area (Å²) in [7, 11) is 0. The quantitative estimate of drug-likeness (QED) is 0.729. The van der Waals surface area contributed by atoms with Crippen molar-refractivity contribution in [1.29, 1.82) is 0 Å². The first-order chi connectivity index (χ1) is 6.00. The largest absolute Gasteiger partial charge is 0.398 e. The highest BCUT2D eigenvalue weighted by molar-refractivity contribution is 7.10. The van der Waals surface area contributed by atoms with Gasteiger partial charge in [-0.3, -0.25) is 0 Å². The van der Waals surface area contributed by atoms with Crippen molar-refractivity contribution in [1.82, 2.24) is 0 Å². The van der Waals surface area contributed by atoms with Gasteiger partial charge in [0.15, 0.2) is 0 Å². The van der Waals surface area contributed by atoms with Crippen LogP contribution in [0.3, 0.4) is 0 Å². The zero-order valence-corrected chi connectivity index (χ0v) is 9.32. The average Bonchev–Trinajstić information content (AvgIpc) is 2.69. The summed E-state index contributed by atoms with van der Waals surface area (Å²) in [6.45, 7) is 6.96. The fourth-order valence-corrected chi connectivity index (χ4v) is 3.07. The van der Waals surface area contributed by atoms with Gasteiger partial charge in [-0.2, -0.15) is 0 Å². The molecule has 2 rings (SSSR count). The minimum absolute atomic E-state index is 0.446.